The minimum atomic E-state index is -0.924. The molecule has 0 aromatic carbocycles. The molecule has 0 aliphatic rings. The topological polar surface area (TPSA) is 38.7 Å². The zero-order chi connectivity index (χ0) is 7.82. The smallest absolute Gasteiger partial charge is 0.161 e. The average Bonchev–Trinajstić information content (AvgIpc) is 1.90. The van der Waals surface area contributed by atoms with Crippen LogP contribution < -0.4 is 0 Å². The second kappa shape index (κ2) is 7.21. The molecule has 3 nitrogen and oxygen atoms in total. The molecule has 62 valence electrons. The summed E-state index contributed by atoms with van der Waals surface area (Å²) in [6.45, 7) is 5.15. The van der Waals surface area contributed by atoms with Crippen molar-refractivity contribution in [2.24, 2.45) is 0 Å². The molecule has 0 heterocycles. The van der Waals surface area contributed by atoms with E-state index >= 15 is 0 Å². The molecule has 0 aliphatic heterocycles. The van der Waals surface area contributed by atoms with Crippen LogP contribution in [0.2, 0.25) is 6.04 Å². The second-order valence-corrected chi connectivity index (χ2v) is 2.88. The molecule has 0 bridgehead atoms. The summed E-state index contributed by atoms with van der Waals surface area (Å²) in [5.41, 5.74) is 0. The highest BCUT2D eigenvalue weighted by Gasteiger charge is 2.05. The lowest BCUT2D eigenvalue weighted by atomic mass is 10.7. The van der Waals surface area contributed by atoms with Crippen molar-refractivity contribution in [2.75, 3.05) is 13.2 Å². The first-order valence-electron chi connectivity index (χ1n) is 3.69. The summed E-state index contributed by atoms with van der Waals surface area (Å²) in [7, 11) is -0.924. The van der Waals surface area contributed by atoms with E-state index in [9.17, 15) is 0 Å². The molecule has 0 radical (unpaired) electrons. The molecule has 1 N–H and O–H groups in total. The molecule has 0 aliphatic carbocycles. The largest absolute Gasteiger partial charge is 0.438 e. The van der Waals surface area contributed by atoms with Gasteiger partial charge in [0, 0.05) is 19.3 Å². The lowest BCUT2D eigenvalue weighted by Gasteiger charge is -2.14. The average molecular weight is 164 g/mol. The molecule has 0 spiro atoms. The van der Waals surface area contributed by atoms with E-state index in [4.69, 9.17) is 14.3 Å². The molecular formula is C6H16O3Si. The van der Waals surface area contributed by atoms with Gasteiger partial charge in [-0.3, -0.25) is 0 Å². The van der Waals surface area contributed by atoms with E-state index < -0.39 is 9.76 Å². The molecular weight excluding hydrogens is 148 g/mol. The van der Waals surface area contributed by atoms with E-state index in [0.29, 0.717) is 19.3 Å². The van der Waals surface area contributed by atoms with Gasteiger partial charge in [0.1, 0.15) is 0 Å². The highest BCUT2D eigenvalue weighted by Crippen LogP contribution is 1.99. The molecule has 0 aromatic rings. The summed E-state index contributed by atoms with van der Waals surface area (Å²) < 4.78 is 10.4. The maximum Gasteiger partial charge on any atom is 0.161 e. The Morgan fingerprint density at radius 1 is 1.30 bits per heavy atom. The van der Waals surface area contributed by atoms with Crippen LogP contribution >= 0.6 is 0 Å². The van der Waals surface area contributed by atoms with Gasteiger partial charge < -0.3 is 14.3 Å². The SMILES string of the molecule is CCOC(C[SiH2]O)OCC. The Morgan fingerprint density at radius 3 is 2.10 bits per heavy atom. The van der Waals surface area contributed by atoms with Crippen LogP contribution in [0, 0.1) is 0 Å². The Balaban J connectivity index is 3.30. The summed E-state index contributed by atoms with van der Waals surface area (Å²) in [6, 6.07) is 0.696. The Labute approximate surface area is 64.3 Å². The van der Waals surface area contributed by atoms with Gasteiger partial charge in [-0.05, 0) is 13.8 Å². The molecule has 10 heavy (non-hydrogen) atoms. The number of rotatable bonds is 6. The van der Waals surface area contributed by atoms with Gasteiger partial charge in [0.25, 0.3) is 0 Å². The van der Waals surface area contributed by atoms with Crippen molar-refractivity contribution in [3.05, 3.63) is 0 Å². The van der Waals surface area contributed by atoms with Gasteiger partial charge in [0.05, 0.1) is 0 Å². The van der Waals surface area contributed by atoms with Crippen LogP contribution in [0.4, 0.5) is 0 Å². The molecule has 0 aromatic heterocycles. The van der Waals surface area contributed by atoms with Gasteiger partial charge in [-0.25, -0.2) is 0 Å². The molecule has 0 fully saturated rings. The third kappa shape index (κ3) is 4.93. The van der Waals surface area contributed by atoms with E-state index in [1.54, 1.807) is 0 Å². The van der Waals surface area contributed by atoms with Crippen molar-refractivity contribution in [3.63, 3.8) is 0 Å². The van der Waals surface area contributed by atoms with Crippen LogP contribution in [0.5, 0.6) is 0 Å². The number of hydrogen-bond donors (Lipinski definition) is 1. The fraction of sp³-hybridized carbons (Fsp3) is 1.00. The second-order valence-electron chi connectivity index (χ2n) is 1.85. The molecule has 0 saturated heterocycles. The van der Waals surface area contributed by atoms with Crippen molar-refractivity contribution >= 4 is 9.76 Å². The van der Waals surface area contributed by atoms with Crippen molar-refractivity contribution in [3.8, 4) is 0 Å². The monoisotopic (exact) mass is 164 g/mol. The normalized spacial score (nSPS) is 12.0. The highest BCUT2D eigenvalue weighted by molar-refractivity contribution is 6.25. The third-order valence-electron chi connectivity index (χ3n) is 1.07. The maximum atomic E-state index is 8.67. The maximum absolute atomic E-state index is 8.67. The Hall–Kier alpha value is 0.0969. The Morgan fingerprint density at radius 2 is 1.80 bits per heavy atom. The van der Waals surface area contributed by atoms with E-state index in [1.807, 2.05) is 13.8 Å². The van der Waals surface area contributed by atoms with Crippen LogP contribution in [0.3, 0.4) is 0 Å². The van der Waals surface area contributed by atoms with Gasteiger partial charge >= 0.3 is 0 Å². The minimum Gasteiger partial charge on any atom is -0.438 e. The predicted molar refractivity (Wildman–Crippen MR) is 42.6 cm³/mol. The van der Waals surface area contributed by atoms with Gasteiger partial charge in [-0.1, -0.05) is 0 Å². The first kappa shape index (κ1) is 10.1. The zero-order valence-electron chi connectivity index (χ0n) is 6.67. The molecule has 4 heteroatoms. The predicted octanol–water partition coefficient (Wildman–Crippen LogP) is -0.120. The van der Waals surface area contributed by atoms with Gasteiger partial charge in [-0.15, -0.1) is 0 Å². The summed E-state index contributed by atoms with van der Waals surface area (Å²) in [4.78, 5) is 8.67. The van der Waals surface area contributed by atoms with E-state index in [2.05, 4.69) is 0 Å². The van der Waals surface area contributed by atoms with Crippen molar-refractivity contribution in [2.45, 2.75) is 26.2 Å². The fourth-order valence-electron chi connectivity index (χ4n) is 0.692. The van der Waals surface area contributed by atoms with E-state index in [-0.39, 0.29) is 6.29 Å². The quantitative estimate of drug-likeness (QED) is 0.439. The van der Waals surface area contributed by atoms with Crippen LogP contribution in [0.25, 0.3) is 0 Å². The zero-order valence-corrected chi connectivity index (χ0v) is 8.08. The van der Waals surface area contributed by atoms with Gasteiger partial charge in [0.15, 0.2) is 16.1 Å². The Kier molecular flexibility index (Phi) is 7.28. The van der Waals surface area contributed by atoms with Crippen molar-refractivity contribution < 1.29 is 14.3 Å². The standard InChI is InChI=1S/C6H16O3Si/c1-3-8-6(5-10-7)9-4-2/h6-7H,3-5,10H2,1-2H3. The van der Waals surface area contributed by atoms with Crippen LogP contribution in [0.1, 0.15) is 13.8 Å². The van der Waals surface area contributed by atoms with Crippen LogP contribution in [0.15, 0.2) is 0 Å². The van der Waals surface area contributed by atoms with Crippen LogP contribution in [-0.4, -0.2) is 34.1 Å². The number of ether oxygens (including phenoxy) is 2. The van der Waals surface area contributed by atoms with E-state index in [1.165, 1.54) is 0 Å². The summed E-state index contributed by atoms with van der Waals surface area (Å²) in [6.07, 6.45) is -0.160. The first-order chi connectivity index (χ1) is 4.85. The third-order valence-corrected chi connectivity index (χ3v) is 1.80. The fourth-order valence-corrected chi connectivity index (χ4v) is 1.24. The number of hydrogen-bond acceptors (Lipinski definition) is 3. The molecule has 0 saturated carbocycles. The lowest BCUT2D eigenvalue weighted by molar-refractivity contribution is -0.123. The van der Waals surface area contributed by atoms with Gasteiger partial charge in [0.2, 0.25) is 0 Å². The van der Waals surface area contributed by atoms with Crippen molar-refractivity contribution in [1.29, 1.82) is 0 Å². The molecule has 0 atom stereocenters. The van der Waals surface area contributed by atoms with Crippen LogP contribution in [-0.2, 0) is 9.47 Å². The first-order valence-corrected chi connectivity index (χ1v) is 5.32. The Bertz CT molecular complexity index is 55.7. The highest BCUT2D eigenvalue weighted by atomic mass is 28.2. The lowest BCUT2D eigenvalue weighted by Crippen LogP contribution is -2.18. The summed E-state index contributed by atoms with van der Waals surface area (Å²) in [5, 5.41) is 0. The minimum absolute atomic E-state index is 0.160. The molecule has 0 rings (SSSR count). The van der Waals surface area contributed by atoms with E-state index in [0.717, 1.165) is 0 Å². The van der Waals surface area contributed by atoms with Crippen molar-refractivity contribution in [1.82, 2.24) is 0 Å². The summed E-state index contributed by atoms with van der Waals surface area (Å²) in [5.74, 6) is 0. The molecule has 0 unspecified atom stereocenters. The summed E-state index contributed by atoms with van der Waals surface area (Å²) >= 11 is 0. The molecule has 0 amide bonds. The van der Waals surface area contributed by atoms with Gasteiger partial charge in [-0.2, -0.15) is 0 Å².